The van der Waals surface area contributed by atoms with Crippen LogP contribution < -0.4 is 5.32 Å². The molecule has 3 nitrogen and oxygen atoms in total. The maximum absolute atomic E-state index is 12.2. The van der Waals surface area contributed by atoms with Crippen LogP contribution in [-0.4, -0.2) is 10.9 Å². The number of rotatable bonds is 4. The average Bonchev–Trinajstić information content (AvgIpc) is 3.10. The van der Waals surface area contributed by atoms with Crippen LogP contribution in [0.5, 0.6) is 0 Å². The van der Waals surface area contributed by atoms with Crippen molar-refractivity contribution in [3.8, 4) is 11.3 Å². The number of amides is 1. The Morgan fingerprint density at radius 3 is 2.56 bits per heavy atom. The molecule has 1 amide bonds. The quantitative estimate of drug-likeness (QED) is 0.557. The monoisotopic (exact) mass is 344 g/mol. The number of hydrogen-bond donors (Lipinski definition) is 1. The van der Waals surface area contributed by atoms with Crippen LogP contribution in [0.1, 0.15) is 5.56 Å². The summed E-state index contributed by atoms with van der Waals surface area (Å²) in [5.74, 6) is -0.0509. The number of hydrogen-bond acceptors (Lipinski definition) is 3. The van der Waals surface area contributed by atoms with Gasteiger partial charge in [-0.3, -0.25) is 4.79 Å². The summed E-state index contributed by atoms with van der Waals surface area (Å²) < 4.78 is 0. The Hall–Kier alpha value is -2.98. The highest BCUT2D eigenvalue weighted by Crippen LogP contribution is 2.30. The molecule has 1 heterocycles. The molecule has 25 heavy (non-hydrogen) atoms. The van der Waals surface area contributed by atoms with Gasteiger partial charge in [-0.15, -0.1) is 11.3 Å². The van der Waals surface area contributed by atoms with Crippen molar-refractivity contribution in [1.82, 2.24) is 4.98 Å². The Kier molecular flexibility index (Phi) is 4.27. The second-order valence-corrected chi connectivity index (χ2v) is 6.63. The molecule has 0 unspecified atom stereocenters. The Bertz CT molecular complexity index is 1020. The van der Waals surface area contributed by atoms with Crippen LogP contribution in [0, 0.1) is 0 Å². The van der Waals surface area contributed by atoms with E-state index in [-0.39, 0.29) is 5.91 Å². The van der Waals surface area contributed by atoms with Crippen molar-refractivity contribution in [2.24, 2.45) is 0 Å². The molecule has 0 saturated heterocycles. The highest BCUT2D eigenvalue weighted by molar-refractivity contribution is 7.14. The summed E-state index contributed by atoms with van der Waals surface area (Å²) in [5.41, 5.74) is 2.96. The van der Waals surface area contributed by atoms with Gasteiger partial charge in [0.2, 0.25) is 5.91 Å². The number of thiazole rings is 1. The molecule has 0 aliphatic rings. The largest absolute Gasteiger partial charge is 0.302 e. The molecule has 0 saturated carbocycles. The summed E-state index contributed by atoms with van der Waals surface area (Å²) in [4.78, 5) is 16.8. The van der Waals surface area contributed by atoms with Crippen molar-refractivity contribution in [2.45, 2.75) is 6.42 Å². The fraction of sp³-hybridized carbons (Fsp3) is 0.0476. The highest BCUT2D eigenvalue weighted by Gasteiger charge is 2.10. The van der Waals surface area contributed by atoms with E-state index in [0.717, 1.165) is 22.2 Å². The summed E-state index contributed by atoms with van der Waals surface area (Å²) in [6.07, 6.45) is 0.351. The normalized spacial score (nSPS) is 10.7. The van der Waals surface area contributed by atoms with Crippen molar-refractivity contribution in [1.29, 1.82) is 0 Å². The maximum Gasteiger partial charge on any atom is 0.230 e. The van der Waals surface area contributed by atoms with E-state index in [1.165, 1.54) is 16.7 Å². The summed E-state index contributed by atoms with van der Waals surface area (Å²) >= 11 is 1.45. The molecule has 0 spiro atoms. The molecule has 0 aliphatic heterocycles. The van der Waals surface area contributed by atoms with E-state index in [1.807, 2.05) is 53.9 Å². The predicted octanol–water partition coefficient (Wildman–Crippen LogP) is 5.14. The molecule has 0 aliphatic carbocycles. The summed E-state index contributed by atoms with van der Waals surface area (Å²) in [7, 11) is 0. The van der Waals surface area contributed by atoms with Crippen LogP contribution >= 0.6 is 11.3 Å². The van der Waals surface area contributed by atoms with E-state index in [1.54, 1.807) is 0 Å². The zero-order valence-electron chi connectivity index (χ0n) is 13.5. The molecule has 4 aromatic rings. The smallest absolute Gasteiger partial charge is 0.230 e. The SMILES string of the molecule is O=C(Cc1ccccc1)Nc1nc(-c2cccc3ccccc23)cs1. The van der Waals surface area contributed by atoms with Crippen LogP contribution in [0.25, 0.3) is 22.0 Å². The Morgan fingerprint density at radius 2 is 1.68 bits per heavy atom. The van der Waals surface area contributed by atoms with Crippen molar-refractivity contribution in [3.63, 3.8) is 0 Å². The van der Waals surface area contributed by atoms with Gasteiger partial charge in [-0.05, 0) is 16.3 Å². The number of carbonyl (C=O) groups excluding carboxylic acids is 1. The maximum atomic E-state index is 12.2. The lowest BCUT2D eigenvalue weighted by atomic mass is 10.0. The number of benzene rings is 3. The molecule has 4 rings (SSSR count). The number of fused-ring (bicyclic) bond motifs is 1. The van der Waals surface area contributed by atoms with Crippen molar-refractivity contribution in [2.75, 3.05) is 5.32 Å². The van der Waals surface area contributed by atoms with E-state index in [9.17, 15) is 4.79 Å². The van der Waals surface area contributed by atoms with Gasteiger partial charge in [-0.2, -0.15) is 0 Å². The van der Waals surface area contributed by atoms with Crippen molar-refractivity contribution >= 4 is 33.1 Å². The molecule has 4 heteroatoms. The lowest BCUT2D eigenvalue weighted by Gasteiger charge is -2.04. The van der Waals surface area contributed by atoms with Gasteiger partial charge < -0.3 is 5.32 Å². The molecule has 0 bridgehead atoms. The minimum Gasteiger partial charge on any atom is -0.302 e. The zero-order valence-corrected chi connectivity index (χ0v) is 14.3. The Morgan fingerprint density at radius 1 is 0.920 bits per heavy atom. The number of nitrogens with one attached hydrogen (secondary N) is 1. The van der Waals surface area contributed by atoms with E-state index >= 15 is 0 Å². The average molecular weight is 344 g/mol. The zero-order chi connectivity index (χ0) is 17.1. The van der Waals surface area contributed by atoms with Gasteiger partial charge in [-0.1, -0.05) is 72.8 Å². The van der Waals surface area contributed by atoms with Crippen molar-refractivity contribution in [3.05, 3.63) is 83.7 Å². The van der Waals surface area contributed by atoms with Crippen LogP contribution in [0.2, 0.25) is 0 Å². The van der Waals surface area contributed by atoms with E-state index in [2.05, 4.69) is 34.6 Å². The lowest BCUT2D eigenvalue weighted by molar-refractivity contribution is -0.115. The Labute approximate surface area is 150 Å². The molecule has 1 N–H and O–H groups in total. The first-order valence-electron chi connectivity index (χ1n) is 8.07. The third kappa shape index (κ3) is 3.44. The predicted molar refractivity (Wildman–Crippen MR) is 104 cm³/mol. The third-order valence-corrected chi connectivity index (χ3v) is 4.78. The van der Waals surface area contributed by atoms with Crippen LogP contribution in [0.3, 0.4) is 0 Å². The number of aromatic nitrogens is 1. The fourth-order valence-electron chi connectivity index (χ4n) is 2.85. The first kappa shape index (κ1) is 15.5. The second-order valence-electron chi connectivity index (χ2n) is 5.78. The van der Waals surface area contributed by atoms with Crippen LogP contribution in [-0.2, 0) is 11.2 Å². The van der Waals surface area contributed by atoms with Crippen LogP contribution in [0.4, 0.5) is 5.13 Å². The third-order valence-electron chi connectivity index (χ3n) is 4.02. The standard InChI is InChI=1S/C21H16N2OS/c24-20(13-15-7-2-1-3-8-15)23-21-22-19(14-25-21)18-12-6-10-16-9-4-5-11-17(16)18/h1-12,14H,13H2,(H,22,23,24). The van der Waals surface area contributed by atoms with Gasteiger partial charge in [-0.25, -0.2) is 4.98 Å². The van der Waals surface area contributed by atoms with Gasteiger partial charge >= 0.3 is 0 Å². The molecular formula is C21H16N2OS. The number of anilines is 1. The minimum atomic E-state index is -0.0509. The first-order chi connectivity index (χ1) is 12.3. The minimum absolute atomic E-state index is 0.0509. The second kappa shape index (κ2) is 6.87. The van der Waals surface area contributed by atoms with E-state index in [4.69, 9.17) is 0 Å². The van der Waals surface area contributed by atoms with E-state index in [0.29, 0.717) is 11.6 Å². The molecule has 1 aromatic heterocycles. The number of nitrogens with zero attached hydrogens (tertiary/aromatic N) is 1. The molecule has 0 radical (unpaired) electrons. The lowest BCUT2D eigenvalue weighted by Crippen LogP contribution is -2.14. The van der Waals surface area contributed by atoms with Gasteiger partial charge in [0.25, 0.3) is 0 Å². The van der Waals surface area contributed by atoms with E-state index < -0.39 is 0 Å². The van der Waals surface area contributed by atoms with Gasteiger partial charge in [0.15, 0.2) is 5.13 Å². The molecule has 0 atom stereocenters. The van der Waals surface area contributed by atoms with Gasteiger partial charge in [0.1, 0.15) is 0 Å². The van der Waals surface area contributed by atoms with Crippen molar-refractivity contribution < 1.29 is 4.79 Å². The summed E-state index contributed by atoms with van der Waals surface area (Å²) in [6, 6.07) is 24.1. The highest BCUT2D eigenvalue weighted by atomic mass is 32.1. The molecular weight excluding hydrogens is 328 g/mol. The van der Waals surface area contributed by atoms with Gasteiger partial charge in [0.05, 0.1) is 12.1 Å². The fourth-order valence-corrected chi connectivity index (χ4v) is 3.58. The van der Waals surface area contributed by atoms with Crippen LogP contribution in [0.15, 0.2) is 78.2 Å². The van der Waals surface area contributed by atoms with Gasteiger partial charge in [0, 0.05) is 10.9 Å². The summed E-state index contributed by atoms with van der Waals surface area (Å²) in [6.45, 7) is 0. The number of carbonyl (C=O) groups is 1. The molecule has 0 fully saturated rings. The topological polar surface area (TPSA) is 42.0 Å². The summed E-state index contributed by atoms with van der Waals surface area (Å²) in [5, 5.41) is 7.86. The Balaban J connectivity index is 1.55. The first-order valence-corrected chi connectivity index (χ1v) is 8.95. The molecule has 122 valence electrons. The molecule has 3 aromatic carbocycles.